The number of ether oxygens (including phenoxy) is 1. The van der Waals surface area contributed by atoms with Gasteiger partial charge >= 0.3 is 0 Å². The summed E-state index contributed by atoms with van der Waals surface area (Å²) in [5.74, 6) is -0.256. The summed E-state index contributed by atoms with van der Waals surface area (Å²) in [5.41, 5.74) is 1.48. The zero-order valence-electron chi connectivity index (χ0n) is 14.8. The molecule has 0 bridgehead atoms. The van der Waals surface area contributed by atoms with Crippen LogP contribution in [0.4, 0.5) is 11.4 Å². The molecule has 0 aliphatic rings. The molecular formula is C18H18ClN3O4S. The summed E-state index contributed by atoms with van der Waals surface area (Å²) in [5, 5.41) is 11.6. The maximum Gasteiger partial charge on any atom is 0.245 e. The van der Waals surface area contributed by atoms with Gasteiger partial charge in [0.25, 0.3) is 0 Å². The summed E-state index contributed by atoms with van der Waals surface area (Å²) in [7, 11) is -2.37. The number of carbonyl (C=O) groups excluding carboxylic acids is 1. The third-order valence-electron chi connectivity index (χ3n) is 3.62. The zero-order valence-corrected chi connectivity index (χ0v) is 16.3. The molecule has 2 aromatic rings. The number of carbonyl (C=O) groups is 1. The number of amides is 1. The molecular weight excluding hydrogens is 390 g/mol. The topological polar surface area (TPSA) is 99.5 Å². The molecule has 0 spiro atoms. The van der Waals surface area contributed by atoms with E-state index in [1.807, 2.05) is 6.07 Å². The molecule has 0 fully saturated rings. The lowest BCUT2D eigenvalue weighted by molar-refractivity contribution is -0.114. The van der Waals surface area contributed by atoms with E-state index in [9.17, 15) is 13.2 Å². The fourth-order valence-corrected chi connectivity index (χ4v) is 3.39. The van der Waals surface area contributed by atoms with Crippen LogP contribution in [0.3, 0.4) is 0 Å². The van der Waals surface area contributed by atoms with Crippen LogP contribution in [0.25, 0.3) is 0 Å². The number of methoxy groups -OCH3 is 1. The Morgan fingerprint density at radius 2 is 1.93 bits per heavy atom. The number of nitrogens with zero attached hydrogens (tertiary/aromatic N) is 2. The molecule has 142 valence electrons. The van der Waals surface area contributed by atoms with Crippen LogP contribution in [0.15, 0.2) is 42.5 Å². The van der Waals surface area contributed by atoms with Gasteiger partial charge in [-0.1, -0.05) is 23.7 Å². The molecule has 27 heavy (non-hydrogen) atoms. The van der Waals surface area contributed by atoms with Crippen molar-refractivity contribution in [2.24, 2.45) is 0 Å². The Balaban J connectivity index is 2.23. The van der Waals surface area contributed by atoms with Crippen molar-refractivity contribution >= 4 is 38.9 Å². The SMILES string of the molecule is COc1ccc(Cl)cc1N(CC(=O)Nc1ccc(CC#N)cc1)S(C)(=O)=O. The quantitative estimate of drug-likeness (QED) is 0.760. The van der Waals surface area contributed by atoms with E-state index in [1.165, 1.54) is 19.2 Å². The molecule has 0 saturated heterocycles. The Bertz CT molecular complexity index is 969. The second kappa shape index (κ2) is 8.75. The lowest BCUT2D eigenvalue weighted by atomic mass is 10.1. The third-order valence-corrected chi connectivity index (χ3v) is 4.98. The van der Waals surface area contributed by atoms with Gasteiger partial charge in [-0.25, -0.2) is 8.42 Å². The van der Waals surface area contributed by atoms with Crippen molar-refractivity contribution in [3.8, 4) is 11.8 Å². The van der Waals surface area contributed by atoms with Crippen molar-refractivity contribution in [3.63, 3.8) is 0 Å². The maximum atomic E-state index is 12.4. The molecule has 0 atom stereocenters. The van der Waals surface area contributed by atoms with Gasteiger partial charge in [0.2, 0.25) is 15.9 Å². The van der Waals surface area contributed by atoms with Crippen LogP contribution in [0.1, 0.15) is 5.56 Å². The highest BCUT2D eigenvalue weighted by atomic mass is 35.5. The minimum atomic E-state index is -3.77. The first-order valence-electron chi connectivity index (χ1n) is 7.81. The van der Waals surface area contributed by atoms with E-state index in [0.717, 1.165) is 16.1 Å². The summed E-state index contributed by atoms with van der Waals surface area (Å²) in [6, 6.07) is 13.3. The second-order valence-electron chi connectivity index (χ2n) is 5.67. The number of sulfonamides is 1. The second-order valence-corrected chi connectivity index (χ2v) is 8.01. The Hall–Kier alpha value is -2.76. The number of benzene rings is 2. The Morgan fingerprint density at radius 1 is 1.26 bits per heavy atom. The fraction of sp³-hybridized carbons (Fsp3) is 0.222. The molecule has 2 aromatic carbocycles. The minimum absolute atomic E-state index is 0.173. The number of hydrogen-bond donors (Lipinski definition) is 1. The molecule has 0 saturated carbocycles. The molecule has 7 nitrogen and oxygen atoms in total. The van der Waals surface area contributed by atoms with Gasteiger partial charge in [-0.2, -0.15) is 5.26 Å². The van der Waals surface area contributed by atoms with Crippen molar-refractivity contribution in [1.82, 2.24) is 0 Å². The fourth-order valence-electron chi connectivity index (χ4n) is 2.37. The van der Waals surface area contributed by atoms with Crippen LogP contribution in [-0.4, -0.2) is 34.2 Å². The summed E-state index contributed by atoms with van der Waals surface area (Å²) in [4.78, 5) is 12.4. The van der Waals surface area contributed by atoms with E-state index in [0.29, 0.717) is 10.7 Å². The van der Waals surface area contributed by atoms with Crippen LogP contribution in [0.2, 0.25) is 5.02 Å². The van der Waals surface area contributed by atoms with Gasteiger partial charge in [0.05, 0.1) is 31.5 Å². The number of nitriles is 1. The van der Waals surface area contributed by atoms with Gasteiger partial charge in [-0.05, 0) is 35.9 Å². The number of nitrogens with one attached hydrogen (secondary N) is 1. The molecule has 1 N–H and O–H groups in total. The van der Waals surface area contributed by atoms with Crippen LogP contribution >= 0.6 is 11.6 Å². The Kier molecular flexibility index (Phi) is 6.66. The van der Waals surface area contributed by atoms with Gasteiger partial charge in [-0.15, -0.1) is 0 Å². The predicted molar refractivity (Wildman–Crippen MR) is 105 cm³/mol. The van der Waals surface area contributed by atoms with Crippen LogP contribution in [0, 0.1) is 11.3 Å². The highest BCUT2D eigenvalue weighted by molar-refractivity contribution is 7.92. The maximum absolute atomic E-state index is 12.4. The van der Waals surface area contributed by atoms with E-state index < -0.39 is 22.5 Å². The van der Waals surface area contributed by atoms with Crippen molar-refractivity contribution in [2.45, 2.75) is 6.42 Å². The van der Waals surface area contributed by atoms with Gasteiger partial charge in [0.1, 0.15) is 12.3 Å². The minimum Gasteiger partial charge on any atom is -0.495 e. The van der Waals surface area contributed by atoms with Crippen LogP contribution in [-0.2, 0) is 21.2 Å². The van der Waals surface area contributed by atoms with Crippen LogP contribution < -0.4 is 14.4 Å². The first-order chi connectivity index (χ1) is 12.7. The lowest BCUT2D eigenvalue weighted by Gasteiger charge is -2.24. The average Bonchev–Trinajstić information content (AvgIpc) is 2.60. The molecule has 1 amide bonds. The Labute approximate surface area is 163 Å². The van der Waals surface area contributed by atoms with E-state index >= 15 is 0 Å². The lowest BCUT2D eigenvalue weighted by Crippen LogP contribution is -2.37. The van der Waals surface area contributed by atoms with Gasteiger partial charge < -0.3 is 10.1 Å². The molecule has 0 radical (unpaired) electrons. The largest absolute Gasteiger partial charge is 0.495 e. The van der Waals surface area contributed by atoms with Crippen molar-refractivity contribution < 1.29 is 17.9 Å². The van der Waals surface area contributed by atoms with Gasteiger partial charge in [0.15, 0.2) is 0 Å². The number of rotatable bonds is 7. The number of halogens is 1. The average molecular weight is 408 g/mol. The van der Waals surface area contributed by atoms with E-state index in [1.54, 1.807) is 30.3 Å². The molecule has 0 aliphatic heterocycles. The molecule has 2 rings (SSSR count). The van der Waals surface area contributed by atoms with Crippen molar-refractivity contribution in [1.29, 1.82) is 5.26 Å². The first-order valence-corrected chi connectivity index (χ1v) is 10.0. The Morgan fingerprint density at radius 3 is 2.48 bits per heavy atom. The third kappa shape index (κ3) is 5.61. The molecule has 0 aromatic heterocycles. The highest BCUT2D eigenvalue weighted by Crippen LogP contribution is 2.32. The van der Waals surface area contributed by atoms with Crippen molar-refractivity contribution in [2.75, 3.05) is 29.5 Å². The molecule has 0 heterocycles. The van der Waals surface area contributed by atoms with E-state index in [2.05, 4.69) is 5.32 Å². The molecule has 0 aliphatic carbocycles. The smallest absolute Gasteiger partial charge is 0.245 e. The van der Waals surface area contributed by atoms with E-state index in [-0.39, 0.29) is 17.9 Å². The van der Waals surface area contributed by atoms with Crippen LogP contribution in [0.5, 0.6) is 5.75 Å². The zero-order chi connectivity index (χ0) is 20.0. The first kappa shape index (κ1) is 20.6. The van der Waals surface area contributed by atoms with E-state index in [4.69, 9.17) is 21.6 Å². The summed E-state index contributed by atoms with van der Waals surface area (Å²) in [6.45, 7) is -0.449. The monoisotopic (exact) mass is 407 g/mol. The normalized spacial score (nSPS) is 10.7. The van der Waals surface area contributed by atoms with Crippen molar-refractivity contribution in [3.05, 3.63) is 53.1 Å². The summed E-state index contributed by atoms with van der Waals surface area (Å²) >= 11 is 5.97. The van der Waals surface area contributed by atoms with Gasteiger partial charge in [0, 0.05) is 10.7 Å². The number of anilines is 2. The standard InChI is InChI=1S/C18H18ClN3O4S/c1-26-17-8-5-14(19)11-16(17)22(27(2,24)25)12-18(23)21-15-6-3-13(4-7-15)9-10-20/h3-8,11H,9,12H2,1-2H3,(H,21,23). The molecule has 0 unspecified atom stereocenters. The highest BCUT2D eigenvalue weighted by Gasteiger charge is 2.24. The van der Waals surface area contributed by atoms with Gasteiger partial charge in [-0.3, -0.25) is 9.10 Å². The summed E-state index contributed by atoms with van der Waals surface area (Å²) in [6.07, 6.45) is 1.27. The predicted octanol–water partition coefficient (Wildman–Crippen LogP) is 2.82. The molecule has 9 heteroatoms. The summed E-state index contributed by atoms with van der Waals surface area (Å²) < 4.78 is 30.6. The number of hydrogen-bond acceptors (Lipinski definition) is 5.